The number of halogens is 4. The van der Waals surface area contributed by atoms with Gasteiger partial charge in [0.05, 0.1) is 11.4 Å². The van der Waals surface area contributed by atoms with Gasteiger partial charge in [0.2, 0.25) is 15.9 Å². The van der Waals surface area contributed by atoms with Crippen LogP contribution in [-0.2, 0) is 14.8 Å². The molecule has 2 rings (SSSR count). The zero-order valence-corrected chi connectivity index (χ0v) is 16.8. The molecule has 0 radical (unpaired) electrons. The molecule has 1 aliphatic rings. The molecule has 1 aromatic rings. The van der Waals surface area contributed by atoms with E-state index in [1.807, 2.05) is 0 Å². The number of nitrogens with two attached hydrogens (primary N) is 1. The minimum atomic E-state index is -4.89. The number of anilines is 2. The lowest BCUT2D eigenvalue weighted by Gasteiger charge is -2.27. The van der Waals surface area contributed by atoms with Gasteiger partial charge in [-0.2, -0.15) is 13.2 Å². The van der Waals surface area contributed by atoms with Crippen molar-refractivity contribution in [2.45, 2.75) is 26.2 Å². The van der Waals surface area contributed by atoms with E-state index in [1.54, 1.807) is 0 Å². The predicted molar refractivity (Wildman–Crippen MR) is 104 cm³/mol. The van der Waals surface area contributed by atoms with Crippen LogP contribution in [0.1, 0.15) is 19.4 Å². The topological polar surface area (TPSA) is 108 Å². The van der Waals surface area contributed by atoms with Gasteiger partial charge in [0.25, 0.3) is 0 Å². The van der Waals surface area contributed by atoms with Crippen LogP contribution < -0.4 is 15.5 Å². The summed E-state index contributed by atoms with van der Waals surface area (Å²) in [6.45, 7) is 2.48. The van der Waals surface area contributed by atoms with E-state index in [-0.39, 0.29) is 34.8 Å². The average Bonchev–Trinajstić information content (AvgIpc) is 3.01. The zero-order chi connectivity index (χ0) is 22.1. The number of carbonyl (C=O) groups excluding carboxylic acids is 1. The van der Waals surface area contributed by atoms with Crippen molar-refractivity contribution in [2.24, 2.45) is 10.8 Å². The predicted octanol–water partition coefficient (Wildman–Crippen LogP) is 1.76. The monoisotopic (exact) mass is 455 g/mol. The van der Waals surface area contributed by atoms with Crippen molar-refractivity contribution in [1.29, 1.82) is 0 Å². The number of hydrazone groups is 1. The first-order valence-electron chi connectivity index (χ1n) is 8.17. The van der Waals surface area contributed by atoms with Crippen LogP contribution in [-0.4, -0.2) is 55.1 Å². The van der Waals surface area contributed by atoms with E-state index in [0.717, 1.165) is 12.1 Å². The van der Waals surface area contributed by atoms with Crippen LogP contribution in [0.5, 0.6) is 0 Å². The largest absolute Gasteiger partial charge is 0.451 e. The molecule has 1 unspecified atom stereocenters. The van der Waals surface area contributed by atoms with Crippen molar-refractivity contribution in [3.63, 3.8) is 0 Å². The molecule has 14 heteroatoms. The van der Waals surface area contributed by atoms with Crippen molar-refractivity contribution >= 4 is 50.7 Å². The number of benzene rings is 1. The van der Waals surface area contributed by atoms with Crippen LogP contribution >= 0.6 is 12.2 Å². The number of likely N-dealkylation sites (N-methyl/N-ethyl adjacent to an activating group) is 1. The van der Waals surface area contributed by atoms with E-state index in [1.165, 1.54) is 13.8 Å². The number of thiocarbonyl (C=S) groups is 1. The fourth-order valence-corrected chi connectivity index (χ4v) is 3.44. The minimum absolute atomic E-state index is 0.169. The Bertz CT molecular complexity index is 965. The van der Waals surface area contributed by atoms with Crippen LogP contribution in [0.3, 0.4) is 0 Å². The molecule has 0 fully saturated rings. The Balaban J connectivity index is 2.68. The van der Waals surface area contributed by atoms with Gasteiger partial charge in [0.15, 0.2) is 12.5 Å². The highest BCUT2D eigenvalue weighted by molar-refractivity contribution is 7.92. The molecule has 1 heterocycles. The number of hydrogen-bond acceptors (Lipinski definition) is 7. The van der Waals surface area contributed by atoms with Crippen molar-refractivity contribution in [3.05, 3.63) is 23.5 Å². The highest BCUT2D eigenvalue weighted by Crippen LogP contribution is 2.35. The Labute approximate surface area is 169 Å². The quantitative estimate of drug-likeness (QED) is 0.366. The Hall–Kier alpha value is -2.48. The molecule has 0 aliphatic carbocycles. The zero-order valence-electron chi connectivity index (χ0n) is 15.2. The smallest absolute Gasteiger partial charge is 0.389 e. The third-order valence-corrected chi connectivity index (χ3v) is 5.52. The van der Waals surface area contributed by atoms with Gasteiger partial charge in [-0.15, -0.1) is 5.10 Å². The fraction of sp³-hybridized carbons (Fsp3) is 0.400. The van der Waals surface area contributed by atoms with Crippen molar-refractivity contribution in [2.75, 3.05) is 22.0 Å². The van der Waals surface area contributed by atoms with Crippen molar-refractivity contribution in [3.8, 4) is 0 Å². The van der Waals surface area contributed by atoms with E-state index in [4.69, 9.17) is 18.0 Å². The summed E-state index contributed by atoms with van der Waals surface area (Å²) in [7, 11) is -3.85. The molecule has 160 valence electrons. The molecule has 0 bridgehead atoms. The number of aldehydes is 1. The first-order chi connectivity index (χ1) is 13.4. The van der Waals surface area contributed by atoms with Crippen LogP contribution in [0, 0.1) is 5.82 Å². The second-order valence-corrected chi connectivity index (χ2v) is 8.27. The van der Waals surface area contributed by atoms with Gasteiger partial charge < -0.3 is 10.6 Å². The van der Waals surface area contributed by atoms with E-state index in [9.17, 15) is 30.8 Å². The van der Waals surface area contributed by atoms with Crippen LogP contribution in [0.2, 0.25) is 0 Å². The molecule has 29 heavy (non-hydrogen) atoms. The highest BCUT2D eigenvalue weighted by Gasteiger charge is 2.48. The second-order valence-electron chi connectivity index (χ2n) is 5.82. The maximum Gasteiger partial charge on any atom is 0.451 e. The number of nitrogens with one attached hydrogen (secondary N) is 1. The van der Waals surface area contributed by atoms with E-state index < -0.39 is 39.7 Å². The molecule has 0 saturated carbocycles. The summed E-state index contributed by atoms with van der Waals surface area (Å²) in [6, 6.07) is 1.66. The van der Waals surface area contributed by atoms with Crippen molar-refractivity contribution < 1.29 is 30.8 Å². The molecule has 1 aliphatic heterocycles. The Morgan fingerprint density at radius 3 is 2.45 bits per heavy atom. The summed E-state index contributed by atoms with van der Waals surface area (Å²) in [5.74, 6) is -2.81. The maximum absolute atomic E-state index is 14.7. The van der Waals surface area contributed by atoms with Gasteiger partial charge in [0, 0.05) is 12.1 Å². The van der Waals surface area contributed by atoms with E-state index in [0.29, 0.717) is 9.91 Å². The molecule has 0 saturated heterocycles. The number of hydrogen-bond donors (Lipinski definition) is 2. The number of carbonyl (C=O) groups is 1. The molecular formula is C15H17F4N5O3S2. The summed E-state index contributed by atoms with van der Waals surface area (Å²) in [5.41, 5.74) is 4.51. The first kappa shape index (κ1) is 22.8. The summed E-state index contributed by atoms with van der Waals surface area (Å²) in [5, 5.41) is 3.90. The van der Waals surface area contributed by atoms with Crippen molar-refractivity contribution in [1.82, 2.24) is 4.90 Å². The lowest BCUT2D eigenvalue weighted by atomic mass is 10.1. The summed E-state index contributed by atoms with van der Waals surface area (Å²) in [4.78, 5) is 11.8. The third kappa shape index (κ3) is 4.58. The summed E-state index contributed by atoms with van der Waals surface area (Å²) < 4.78 is 80.5. The first-order valence-corrected chi connectivity index (χ1v) is 10.2. The molecule has 1 atom stereocenters. The standard InChI is InChI=1S/C15H17F4N5O3S2/c1-3-23-12(7-25)24(21-14(23)15(17,18)19)11-6-10(22-29(26,27)4-2)8(13(20)28)5-9(11)16/h5-7,12,22H,3-4H2,1-2H3,(H2,20,28). The maximum atomic E-state index is 14.7. The van der Waals surface area contributed by atoms with E-state index >= 15 is 0 Å². The lowest BCUT2D eigenvalue weighted by molar-refractivity contribution is -0.111. The molecule has 8 nitrogen and oxygen atoms in total. The fourth-order valence-electron chi connectivity index (χ4n) is 2.63. The molecule has 0 aromatic heterocycles. The second kappa shape index (κ2) is 8.10. The SMILES string of the molecule is CCN1C(C(F)(F)F)=NN(c2cc(NS(=O)(=O)CC)c(C(N)=S)cc2F)C1C=O. The van der Waals surface area contributed by atoms with E-state index in [2.05, 4.69) is 9.82 Å². The lowest BCUT2D eigenvalue weighted by Crippen LogP contribution is -2.47. The third-order valence-electron chi connectivity index (χ3n) is 4.01. The Morgan fingerprint density at radius 2 is 2.00 bits per heavy atom. The molecule has 3 N–H and O–H groups in total. The molecular weight excluding hydrogens is 438 g/mol. The Kier molecular flexibility index (Phi) is 6.37. The van der Waals surface area contributed by atoms with Gasteiger partial charge >= 0.3 is 6.18 Å². The summed E-state index contributed by atoms with van der Waals surface area (Å²) in [6.07, 6.45) is -6.31. The van der Waals surface area contributed by atoms with Gasteiger partial charge in [-0.25, -0.2) is 17.8 Å². The number of nitrogens with zero attached hydrogens (tertiary/aromatic N) is 3. The van der Waals surface area contributed by atoms with Crippen LogP contribution in [0.25, 0.3) is 0 Å². The highest BCUT2D eigenvalue weighted by atomic mass is 32.2. The van der Waals surface area contributed by atoms with Gasteiger partial charge in [-0.3, -0.25) is 9.52 Å². The molecule has 0 spiro atoms. The minimum Gasteiger partial charge on any atom is -0.389 e. The molecule has 1 aromatic carbocycles. The number of rotatable bonds is 7. The number of alkyl halides is 3. The van der Waals surface area contributed by atoms with Crippen LogP contribution in [0.15, 0.2) is 17.2 Å². The normalized spacial score (nSPS) is 17.3. The van der Waals surface area contributed by atoms with Gasteiger partial charge in [0.1, 0.15) is 16.5 Å². The van der Waals surface area contributed by atoms with Gasteiger partial charge in [-0.05, 0) is 26.0 Å². The molecule has 0 amide bonds. The summed E-state index contributed by atoms with van der Waals surface area (Å²) >= 11 is 4.79. The average molecular weight is 455 g/mol. The Morgan fingerprint density at radius 1 is 1.38 bits per heavy atom. The van der Waals surface area contributed by atoms with Gasteiger partial charge in [-0.1, -0.05) is 12.2 Å². The van der Waals surface area contributed by atoms with Crippen LogP contribution in [0.4, 0.5) is 28.9 Å². The number of amidine groups is 1. The number of sulfonamides is 1.